The van der Waals surface area contributed by atoms with Crippen LogP contribution in [0.15, 0.2) is 54.1 Å². The molecule has 0 aliphatic rings. The summed E-state index contributed by atoms with van der Waals surface area (Å²) in [5.74, 6) is -1.05. The molecule has 7 heteroatoms. The lowest BCUT2D eigenvalue weighted by Crippen LogP contribution is -2.13. The number of nitrogens with zero attached hydrogens (tertiary/aromatic N) is 1. The molecule has 27 heavy (non-hydrogen) atoms. The van der Waals surface area contributed by atoms with E-state index in [9.17, 15) is 14.9 Å². The summed E-state index contributed by atoms with van der Waals surface area (Å²) >= 11 is 0. The van der Waals surface area contributed by atoms with Gasteiger partial charge in [0.15, 0.2) is 18.1 Å². The Balaban J connectivity index is 2.23. The van der Waals surface area contributed by atoms with Gasteiger partial charge in [-0.2, -0.15) is 5.26 Å². The first-order valence-corrected chi connectivity index (χ1v) is 8.13. The standard InChI is InChI=1S/C20H18N2O5/c1-2-26-18-11-14(8-9-17(18)27-13-19(23)24)10-15(12-21)20(25)22-16-6-4-3-5-7-16/h3-11H,2,13H2,1H3,(H,22,25)(H,23,24)/b15-10+. The van der Waals surface area contributed by atoms with Crippen molar-refractivity contribution in [3.05, 3.63) is 59.7 Å². The van der Waals surface area contributed by atoms with Crippen molar-refractivity contribution in [1.29, 1.82) is 5.26 Å². The highest BCUT2D eigenvalue weighted by Crippen LogP contribution is 2.29. The topological polar surface area (TPSA) is 109 Å². The molecule has 2 rings (SSSR count). The van der Waals surface area contributed by atoms with Crippen LogP contribution in [0.3, 0.4) is 0 Å². The first-order chi connectivity index (χ1) is 13.0. The van der Waals surface area contributed by atoms with Crippen molar-refractivity contribution in [2.45, 2.75) is 6.92 Å². The van der Waals surface area contributed by atoms with Crippen molar-refractivity contribution in [1.82, 2.24) is 0 Å². The molecule has 0 aromatic heterocycles. The second-order valence-electron chi connectivity index (χ2n) is 5.31. The molecule has 138 valence electrons. The minimum Gasteiger partial charge on any atom is -0.490 e. The molecule has 0 heterocycles. The Bertz CT molecular complexity index is 885. The normalized spacial score (nSPS) is 10.6. The summed E-state index contributed by atoms with van der Waals surface area (Å²) in [5, 5.41) is 20.7. The second-order valence-corrected chi connectivity index (χ2v) is 5.31. The van der Waals surface area contributed by atoms with Crippen LogP contribution in [0.5, 0.6) is 11.5 Å². The van der Waals surface area contributed by atoms with Gasteiger partial charge in [-0.15, -0.1) is 0 Å². The number of nitrogens with one attached hydrogen (secondary N) is 1. The fourth-order valence-corrected chi connectivity index (χ4v) is 2.18. The summed E-state index contributed by atoms with van der Waals surface area (Å²) in [6.07, 6.45) is 1.42. The van der Waals surface area contributed by atoms with E-state index in [-0.39, 0.29) is 11.3 Å². The Labute approximate surface area is 156 Å². The quantitative estimate of drug-likeness (QED) is 0.549. The zero-order valence-electron chi connectivity index (χ0n) is 14.6. The Morgan fingerprint density at radius 2 is 1.89 bits per heavy atom. The number of hydrogen-bond acceptors (Lipinski definition) is 5. The minimum absolute atomic E-state index is 0.0829. The molecule has 0 saturated heterocycles. The van der Waals surface area contributed by atoms with Crippen molar-refractivity contribution < 1.29 is 24.2 Å². The zero-order valence-corrected chi connectivity index (χ0v) is 14.6. The van der Waals surface area contributed by atoms with E-state index in [1.54, 1.807) is 43.3 Å². The highest BCUT2D eigenvalue weighted by atomic mass is 16.5. The number of amides is 1. The molecule has 0 aliphatic heterocycles. The van der Waals surface area contributed by atoms with Gasteiger partial charge in [-0.25, -0.2) is 4.79 Å². The largest absolute Gasteiger partial charge is 0.490 e. The number of nitriles is 1. The van der Waals surface area contributed by atoms with Gasteiger partial charge < -0.3 is 19.9 Å². The number of ether oxygens (including phenoxy) is 2. The number of carbonyl (C=O) groups is 2. The van der Waals surface area contributed by atoms with Crippen LogP contribution in [0.2, 0.25) is 0 Å². The molecule has 0 aliphatic carbocycles. The molecule has 2 aromatic rings. The fraction of sp³-hybridized carbons (Fsp3) is 0.150. The Hall–Kier alpha value is -3.79. The highest BCUT2D eigenvalue weighted by Gasteiger charge is 2.12. The smallest absolute Gasteiger partial charge is 0.341 e. The summed E-state index contributed by atoms with van der Waals surface area (Å²) in [6, 6.07) is 15.4. The number of aliphatic carboxylic acids is 1. The van der Waals surface area contributed by atoms with Crippen molar-refractivity contribution in [3.63, 3.8) is 0 Å². The van der Waals surface area contributed by atoms with Crippen LogP contribution < -0.4 is 14.8 Å². The Kier molecular flexibility index (Phi) is 6.97. The van der Waals surface area contributed by atoms with Crippen molar-refractivity contribution in [2.75, 3.05) is 18.5 Å². The number of anilines is 1. The number of para-hydroxylation sites is 1. The van der Waals surface area contributed by atoms with Gasteiger partial charge in [0.25, 0.3) is 5.91 Å². The van der Waals surface area contributed by atoms with E-state index in [2.05, 4.69) is 5.32 Å². The molecule has 0 unspecified atom stereocenters. The van der Waals surface area contributed by atoms with Crippen LogP contribution in [-0.2, 0) is 9.59 Å². The monoisotopic (exact) mass is 366 g/mol. The van der Waals surface area contributed by atoms with Crippen LogP contribution in [-0.4, -0.2) is 30.2 Å². The minimum atomic E-state index is -1.11. The third kappa shape index (κ3) is 5.90. The lowest BCUT2D eigenvalue weighted by Gasteiger charge is -2.11. The summed E-state index contributed by atoms with van der Waals surface area (Å²) < 4.78 is 10.6. The van der Waals surface area contributed by atoms with Gasteiger partial charge in [0.2, 0.25) is 0 Å². The molecule has 2 N–H and O–H groups in total. The van der Waals surface area contributed by atoms with Gasteiger partial charge in [-0.05, 0) is 42.8 Å². The summed E-state index contributed by atoms with van der Waals surface area (Å²) in [6.45, 7) is 1.62. The van der Waals surface area contributed by atoms with E-state index < -0.39 is 18.5 Å². The molecule has 0 fully saturated rings. The lowest BCUT2D eigenvalue weighted by atomic mass is 10.1. The van der Waals surface area contributed by atoms with E-state index in [0.717, 1.165) is 0 Å². The van der Waals surface area contributed by atoms with Crippen LogP contribution in [0.25, 0.3) is 6.08 Å². The molecule has 2 aromatic carbocycles. The average molecular weight is 366 g/mol. The third-order valence-electron chi connectivity index (χ3n) is 3.33. The fourth-order valence-electron chi connectivity index (χ4n) is 2.18. The van der Waals surface area contributed by atoms with Crippen LogP contribution in [0.1, 0.15) is 12.5 Å². The van der Waals surface area contributed by atoms with Gasteiger partial charge in [0.1, 0.15) is 11.6 Å². The maximum Gasteiger partial charge on any atom is 0.341 e. The average Bonchev–Trinajstić information content (AvgIpc) is 2.66. The molecular formula is C20H18N2O5. The molecule has 7 nitrogen and oxygen atoms in total. The zero-order chi connectivity index (χ0) is 19.6. The van der Waals surface area contributed by atoms with Crippen molar-refractivity contribution in [3.8, 4) is 17.6 Å². The summed E-state index contributed by atoms with van der Waals surface area (Å²) in [5.41, 5.74) is 1.04. The number of benzene rings is 2. The van der Waals surface area contributed by atoms with E-state index in [4.69, 9.17) is 14.6 Å². The molecule has 0 spiro atoms. The van der Waals surface area contributed by atoms with Gasteiger partial charge in [0, 0.05) is 5.69 Å². The molecule has 0 atom stereocenters. The van der Waals surface area contributed by atoms with E-state index in [1.807, 2.05) is 12.1 Å². The summed E-state index contributed by atoms with van der Waals surface area (Å²) in [7, 11) is 0. The SMILES string of the molecule is CCOc1cc(/C=C(\C#N)C(=O)Nc2ccccc2)ccc1OCC(=O)O. The van der Waals surface area contributed by atoms with Crippen molar-refractivity contribution >= 4 is 23.6 Å². The van der Waals surface area contributed by atoms with Gasteiger partial charge in [0.05, 0.1) is 6.61 Å². The van der Waals surface area contributed by atoms with Crippen molar-refractivity contribution in [2.24, 2.45) is 0 Å². The maximum absolute atomic E-state index is 12.3. The number of carbonyl (C=O) groups excluding carboxylic acids is 1. The molecule has 0 saturated carbocycles. The third-order valence-corrected chi connectivity index (χ3v) is 3.33. The van der Waals surface area contributed by atoms with Crippen LogP contribution in [0.4, 0.5) is 5.69 Å². The molecular weight excluding hydrogens is 348 g/mol. The second kappa shape index (κ2) is 9.63. The Morgan fingerprint density at radius 3 is 2.52 bits per heavy atom. The predicted molar refractivity (Wildman–Crippen MR) is 99.4 cm³/mol. The molecule has 0 radical (unpaired) electrons. The predicted octanol–water partition coefficient (Wildman–Crippen LogP) is 3.09. The van der Waals surface area contributed by atoms with E-state index in [1.165, 1.54) is 12.1 Å². The first kappa shape index (κ1) is 19.5. The van der Waals surface area contributed by atoms with Gasteiger partial charge in [-0.3, -0.25) is 4.79 Å². The number of rotatable bonds is 8. The first-order valence-electron chi connectivity index (χ1n) is 8.13. The molecule has 1 amide bonds. The van der Waals surface area contributed by atoms with Gasteiger partial charge >= 0.3 is 5.97 Å². The number of carboxylic acids is 1. The Morgan fingerprint density at radius 1 is 1.15 bits per heavy atom. The number of hydrogen-bond donors (Lipinski definition) is 2. The summed E-state index contributed by atoms with van der Waals surface area (Å²) in [4.78, 5) is 22.9. The van der Waals surface area contributed by atoms with Gasteiger partial charge in [-0.1, -0.05) is 24.3 Å². The van der Waals surface area contributed by atoms with Crippen LogP contribution >= 0.6 is 0 Å². The highest BCUT2D eigenvalue weighted by molar-refractivity contribution is 6.09. The van der Waals surface area contributed by atoms with E-state index in [0.29, 0.717) is 23.6 Å². The lowest BCUT2D eigenvalue weighted by molar-refractivity contribution is -0.139. The van der Waals surface area contributed by atoms with Crippen LogP contribution in [0, 0.1) is 11.3 Å². The van der Waals surface area contributed by atoms with E-state index >= 15 is 0 Å². The maximum atomic E-state index is 12.3. The molecule has 0 bridgehead atoms. The number of carboxylic acid groups (broad SMARTS) is 1.